The van der Waals surface area contributed by atoms with Gasteiger partial charge in [0.2, 0.25) is 0 Å². The molecule has 1 aliphatic rings. The molecular formula is C12H19NS2. The van der Waals surface area contributed by atoms with Crippen molar-refractivity contribution in [2.24, 2.45) is 0 Å². The average Bonchev–Trinajstić information content (AvgIpc) is 2.87. The molecule has 0 bridgehead atoms. The Labute approximate surface area is 101 Å². The van der Waals surface area contributed by atoms with E-state index in [1.165, 1.54) is 24.1 Å². The molecule has 3 heteroatoms. The molecule has 1 heterocycles. The molecule has 0 unspecified atom stereocenters. The fraction of sp³-hybridized carbons (Fsp3) is 0.667. The number of thioether (sulfide) groups is 1. The van der Waals surface area contributed by atoms with Crippen LogP contribution in [0.15, 0.2) is 17.5 Å². The first-order chi connectivity index (χ1) is 7.29. The highest BCUT2D eigenvalue weighted by Crippen LogP contribution is 2.30. The van der Waals surface area contributed by atoms with Crippen LogP contribution >= 0.6 is 23.1 Å². The summed E-state index contributed by atoms with van der Waals surface area (Å²) >= 11 is 3.88. The van der Waals surface area contributed by atoms with Crippen LogP contribution in [0.4, 0.5) is 0 Å². The zero-order chi connectivity index (χ0) is 10.7. The fourth-order valence-corrected chi connectivity index (χ4v) is 3.82. The number of hydrogen-bond donors (Lipinski definition) is 1. The van der Waals surface area contributed by atoms with Gasteiger partial charge >= 0.3 is 0 Å². The van der Waals surface area contributed by atoms with Crippen LogP contribution in [0.25, 0.3) is 0 Å². The molecule has 15 heavy (non-hydrogen) atoms. The third-order valence-electron chi connectivity index (χ3n) is 3.17. The van der Waals surface area contributed by atoms with Crippen molar-refractivity contribution in [3.8, 4) is 0 Å². The minimum atomic E-state index is 0.524. The monoisotopic (exact) mass is 241 g/mol. The van der Waals surface area contributed by atoms with Gasteiger partial charge in [0, 0.05) is 22.2 Å². The molecule has 0 amide bonds. The number of nitrogens with one attached hydrogen (secondary N) is 1. The maximum absolute atomic E-state index is 3.74. The molecule has 0 radical (unpaired) electrons. The molecule has 0 aliphatic heterocycles. The Bertz CT molecular complexity index is 284. The summed E-state index contributed by atoms with van der Waals surface area (Å²) in [4.78, 5) is 1.46. The molecule has 84 valence electrons. The predicted octanol–water partition coefficient (Wildman–Crippen LogP) is 3.68. The standard InChI is InChI=1S/C12H19NS2/c1-9(12-4-3-7-15-12)13-10-5-6-11(8-10)14-2/h3-4,7,9-11,13H,5-6,8H2,1-2H3/t9-,10+,11+/m0/s1. The highest BCUT2D eigenvalue weighted by atomic mass is 32.2. The molecule has 1 nitrogen and oxygen atoms in total. The van der Waals surface area contributed by atoms with Crippen molar-refractivity contribution in [2.45, 2.75) is 43.5 Å². The van der Waals surface area contributed by atoms with E-state index in [2.05, 4.69) is 36.0 Å². The third kappa shape index (κ3) is 2.99. The van der Waals surface area contributed by atoms with Crippen molar-refractivity contribution >= 4 is 23.1 Å². The molecule has 0 aromatic carbocycles. The van der Waals surface area contributed by atoms with E-state index in [1.54, 1.807) is 0 Å². The van der Waals surface area contributed by atoms with Crippen molar-refractivity contribution in [1.82, 2.24) is 5.32 Å². The van der Waals surface area contributed by atoms with E-state index < -0.39 is 0 Å². The van der Waals surface area contributed by atoms with Crippen LogP contribution in [0.1, 0.15) is 37.1 Å². The second-order valence-corrected chi connectivity index (χ2v) is 6.39. The highest BCUT2D eigenvalue weighted by Gasteiger charge is 2.25. The number of thiophene rings is 1. The Kier molecular flexibility index (Phi) is 4.12. The van der Waals surface area contributed by atoms with Crippen LogP contribution in [-0.2, 0) is 0 Å². The van der Waals surface area contributed by atoms with Crippen LogP contribution in [0.2, 0.25) is 0 Å². The van der Waals surface area contributed by atoms with Gasteiger partial charge in [-0.2, -0.15) is 11.8 Å². The summed E-state index contributed by atoms with van der Waals surface area (Å²) in [5.41, 5.74) is 0. The fourth-order valence-electron chi connectivity index (χ4n) is 2.28. The van der Waals surface area contributed by atoms with Gasteiger partial charge in [-0.1, -0.05) is 6.07 Å². The maximum atomic E-state index is 3.74. The van der Waals surface area contributed by atoms with Crippen molar-refractivity contribution in [3.63, 3.8) is 0 Å². The molecule has 1 aromatic rings. The van der Waals surface area contributed by atoms with Crippen LogP contribution in [-0.4, -0.2) is 17.5 Å². The van der Waals surface area contributed by atoms with Gasteiger partial charge in [0.05, 0.1) is 0 Å². The Morgan fingerprint density at radius 1 is 1.53 bits per heavy atom. The smallest absolute Gasteiger partial charge is 0.0388 e. The van der Waals surface area contributed by atoms with Gasteiger partial charge in [0.25, 0.3) is 0 Å². The van der Waals surface area contributed by atoms with Crippen LogP contribution in [0, 0.1) is 0 Å². The molecule has 3 atom stereocenters. The lowest BCUT2D eigenvalue weighted by Gasteiger charge is -2.18. The quantitative estimate of drug-likeness (QED) is 0.863. The summed E-state index contributed by atoms with van der Waals surface area (Å²) in [6, 6.07) is 5.62. The van der Waals surface area contributed by atoms with Gasteiger partial charge in [-0.05, 0) is 43.9 Å². The lowest BCUT2D eigenvalue weighted by atomic mass is 10.2. The van der Waals surface area contributed by atoms with Gasteiger partial charge in [-0.25, -0.2) is 0 Å². The van der Waals surface area contributed by atoms with E-state index in [0.717, 1.165) is 11.3 Å². The second kappa shape index (κ2) is 5.37. The minimum Gasteiger partial charge on any atom is -0.307 e. The number of hydrogen-bond acceptors (Lipinski definition) is 3. The van der Waals surface area contributed by atoms with Gasteiger partial charge in [0.1, 0.15) is 0 Å². The van der Waals surface area contributed by atoms with Crippen LogP contribution < -0.4 is 5.32 Å². The Hall–Kier alpha value is 0.01000. The first-order valence-electron chi connectivity index (χ1n) is 5.62. The highest BCUT2D eigenvalue weighted by molar-refractivity contribution is 7.99. The van der Waals surface area contributed by atoms with Crippen LogP contribution in [0.3, 0.4) is 0 Å². The van der Waals surface area contributed by atoms with E-state index >= 15 is 0 Å². The first-order valence-corrected chi connectivity index (χ1v) is 7.78. The zero-order valence-electron chi connectivity index (χ0n) is 9.40. The number of rotatable bonds is 4. The Morgan fingerprint density at radius 2 is 2.40 bits per heavy atom. The van der Waals surface area contributed by atoms with Gasteiger partial charge in [0.15, 0.2) is 0 Å². The van der Waals surface area contributed by atoms with Crippen molar-refractivity contribution in [3.05, 3.63) is 22.4 Å². The Morgan fingerprint density at radius 3 is 3.00 bits per heavy atom. The van der Waals surface area contributed by atoms with Crippen molar-refractivity contribution in [1.29, 1.82) is 0 Å². The molecule has 1 aliphatic carbocycles. The van der Waals surface area contributed by atoms with Crippen molar-refractivity contribution < 1.29 is 0 Å². The lowest BCUT2D eigenvalue weighted by molar-refractivity contribution is 0.466. The maximum Gasteiger partial charge on any atom is 0.0388 e. The zero-order valence-corrected chi connectivity index (χ0v) is 11.0. The normalized spacial score (nSPS) is 28.1. The van der Waals surface area contributed by atoms with Gasteiger partial charge < -0.3 is 5.32 Å². The van der Waals surface area contributed by atoms with Crippen molar-refractivity contribution in [2.75, 3.05) is 6.26 Å². The molecule has 1 fully saturated rings. The summed E-state index contributed by atoms with van der Waals surface area (Å²) in [5.74, 6) is 0. The predicted molar refractivity (Wildman–Crippen MR) is 70.8 cm³/mol. The molecular weight excluding hydrogens is 222 g/mol. The SMILES string of the molecule is CS[C@@H]1CC[C@@H](N[C@@H](C)c2cccs2)C1. The van der Waals surface area contributed by atoms with Gasteiger partial charge in [-0.3, -0.25) is 0 Å². The van der Waals surface area contributed by atoms with Gasteiger partial charge in [-0.15, -0.1) is 11.3 Å². The first kappa shape index (κ1) is 11.5. The summed E-state index contributed by atoms with van der Waals surface area (Å²) < 4.78 is 0. The topological polar surface area (TPSA) is 12.0 Å². The second-order valence-electron chi connectivity index (χ2n) is 4.27. The molecule has 2 rings (SSSR count). The molecule has 1 aromatic heterocycles. The lowest BCUT2D eigenvalue weighted by Crippen LogP contribution is -2.29. The molecule has 1 saturated carbocycles. The molecule has 0 saturated heterocycles. The van der Waals surface area contributed by atoms with E-state index in [-0.39, 0.29) is 0 Å². The summed E-state index contributed by atoms with van der Waals surface area (Å²) in [6.45, 7) is 2.28. The average molecular weight is 241 g/mol. The van der Waals surface area contributed by atoms with Crippen LogP contribution in [0.5, 0.6) is 0 Å². The van der Waals surface area contributed by atoms with E-state index in [0.29, 0.717) is 6.04 Å². The largest absolute Gasteiger partial charge is 0.307 e. The third-order valence-corrected chi connectivity index (χ3v) is 5.32. The van der Waals surface area contributed by atoms with E-state index in [4.69, 9.17) is 0 Å². The van der Waals surface area contributed by atoms with E-state index in [9.17, 15) is 0 Å². The summed E-state index contributed by atoms with van der Waals surface area (Å²) in [7, 11) is 0. The van der Waals surface area contributed by atoms with E-state index in [1.807, 2.05) is 23.1 Å². The molecule has 0 spiro atoms. The summed E-state index contributed by atoms with van der Waals surface area (Å²) in [6.07, 6.45) is 6.31. The molecule has 1 N–H and O–H groups in total. The summed E-state index contributed by atoms with van der Waals surface area (Å²) in [5, 5.41) is 6.79. The minimum absolute atomic E-state index is 0.524. The Balaban J connectivity index is 1.83.